The number of amides is 2. The van der Waals surface area contributed by atoms with E-state index in [1.165, 1.54) is 11.0 Å². The molecule has 0 fully saturated rings. The van der Waals surface area contributed by atoms with Gasteiger partial charge in [0.15, 0.2) is 0 Å². The third kappa shape index (κ3) is 5.65. The number of hydrogen-bond donors (Lipinski definition) is 2. The van der Waals surface area contributed by atoms with Crippen molar-refractivity contribution in [2.75, 3.05) is 13.6 Å². The van der Waals surface area contributed by atoms with Gasteiger partial charge < -0.3 is 4.90 Å². The Kier molecular flexibility index (Phi) is 6.52. The van der Waals surface area contributed by atoms with Crippen LogP contribution < -0.4 is 5.48 Å². The Morgan fingerprint density at radius 3 is 2.44 bits per heavy atom. The fourth-order valence-corrected chi connectivity index (χ4v) is 1.97. The summed E-state index contributed by atoms with van der Waals surface area (Å²) in [5.41, 5.74) is 3.59. The number of hydroxylamine groups is 1. The topological polar surface area (TPSA) is 69.6 Å². The SMILES string of the molecule is CN(CC#Cc1ccc(C(=O)NO)cc1)C(=O)/C=C/c1ccccc1. The molecule has 0 saturated carbocycles. The molecule has 2 rings (SSSR count). The van der Waals surface area contributed by atoms with E-state index >= 15 is 0 Å². The summed E-state index contributed by atoms with van der Waals surface area (Å²) >= 11 is 0. The van der Waals surface area contributed by atoms with Gasteiger partial charge in [0.1, 0.15) is 0 Å². The predicted molar refractivity (Wildman–Crippen MR) is 95.7 cm³/mol. The van der Waals surface area contributed by atoms with Crippen LogP contribution in [0.2, 0.25) is 0 Å². The average Bonchev–Trinajstić information content (AvgIpc) is 2.66. The van der Waals surface area contributed by atoms with Crippen molar-refractivity contribution in [3.05, 3.63) is 77.4 Å². The molecular formula is C20H18N2O3. The highest BCUT2D eigenvalue weighted by Crippen LogP contribution is 2.03. The largest absolute Gasteiger partial charge is 0.331 e. The fraction of sp³-hybridized carbons (Fsp3) is 0.100. The first-order chi connectivity index (χ1) is 12.1. The second kappa shape index (κ2) is 9.06. The maximum Gasteiger partial charge on any atom is 0.274 e. The molecule has 0 aliphatic carbocycles. The van der Waals surface area contributed by atoms with Gasteiger partial charge in [-0.25, -0.2) is 5.48 Å². The molecule has 0 unspecified atom stereocenters. The van der Waals surface area contributed by atoms with Crippen molar-refractivity contribution in [3.63, 3.8) is 0 Å². The summed E-state index contributed by atoms with van der Waals surface area (Å²) in [6.45, 7) is 0.289. The number of nitrogens with zero attached hydrogens (tertiary/aromatic N) is 1. The monoisotopic (exact) mass is 334 g/mol. The second-order valence-corrected chi connectivity index (χ2v) is 5.26. The molecule has 2 aromatic rings. The van der Waals surface area contributed by atoms with Gasteiger partial charge in [-0.2, -0.15) is 0 Å². The van der Waals surface area contributed by atoms with Gasteiger partial charge in [-0.3, -0.25) is 14.8 Å². The van der Waals surface area contributed by atoms with Gasteiger partial charge in [-0.15, -0.1) is 0 Å². The van der Waals surface area contributed by atoms with E-state index in [0.29, 0.717) is 5.56 Å². The van der Waals surface area contributed by atoms with E-state index in [0.717, 1.165) is 11.1 Å². The molecule has 0 spiro atoms. The van der Waals surface area contributed by atoms with Crippen LogP contribution in [0.25, 0.3) is 6.08 Å². The summed E-state index contributed by atoms with van der Waals surface area (Å²) in [6, 6.07) is 16.1. The molecule has 0 atom stereocenters. The van der Waals surface area contributed by atoms with Gasteiger partial charge in [0, 0.05) is 24.3 Å². The lowest BCUT2D eigenvalue weighted by Crippen LogP contribution is -2.24. The van der Waals surface area contributed by atoms with Gasteiger partial charge in [-0.05, 0) is 35.9 Å². The first-order valence-corrected chi connectivity index (χ1v) is 7.62. The third-order valence-corrected chi connectivity index (χ3v) is 3.39. The van der Waals surface area contributed by atoms with E-state index in [9.17, 15) is 9.59 Å². The highest BCUT2D eigenvalue weighted by Gasteiger charge is 2.03. The Labute approximate surface area is 146 Å². The number of likely N-dealkylation sites (N-methyl/N-ethyl adjacent to an activating group) is 1. The number of rotatable bonds is 4. The minimum Gasteiger partial charge on any atom is -0.331 e. The molecule has 0 heterocycles. The number of nitrogens with one attached hydrogen (secondary N) is 1. The van der Waals surface area contributed by atoms with Crippen LogP contribution in [0, 0.1) is 11.8 Å². The highest BCUT2D eigenvalue weighted by atomic mass is 16.5. The Bertz CT molecular complexity index is 816. The molecule has 0 aromatic heterocycles. The van der Waals surface area contributed by atoms with Crippen molar-refractivity contribution in [1.82, 2.24) is 10.4 Å². The van der Waals surface area contributed by atoms with Crippen molar-refractivity contribution in [1.29, 1.82) is 0 Å². The van der Waals surface area contributed by atoms with E-state index in [-0.39, 0.29) is 12.5 Å². The molecular weight excluding hydrogens is 316 g/mol. The maximum atomic E-state index is 12.0. The second-order valence-electron chi connectivity index (χ2n) is 5.26. The van der Waals surface area contributed by atoms with E-state index in [1.54, 1.807) is 42.9 Å². The third-order valence-electron chi connectivity index (χ3n) is 3.39. The zero-order valence-corrected chi connectivity index (χ0v) is 13.8. The Balaban J connectivity index is 1.90. The van der Waals surface area contributed by atoms with Crippen molar-refractivity contribution in [2.45, 2.75) is 0 Å². The Morgan fingerprint density at radius 1 is 1.12 bits per heavy atom. The van der Waals surface area contributed by atoms with Gasteiger partial charge in [0.05, 0.1) is 6.54 Å². The maximum absolute atomic E-state index is 12.0. The van der Waals surface area contributed by atoms with Gasteiger partial charge in [0.25, 0.3) is 5.91 Å². The minimum absolute atomic E-state index is 0.131. The van der Waals surface area contributed by atoms with Crippen LogP contribution in [-0.4, -0.2) is 35.5 Å². The van der Waals surface area contributed by atoms with Crippen LogP contribution in [0.3, 0.4) is 0 Å². The molecule has 0 aliphatic heterocycles. The van der Waals surface area contributed by atoms with Crippen molar-refractivity contribution < 1.29 is 14.8 Å². The lowest BCUT2D eigenvalue weighted by Gasteiger charge is -2.10. The van der Waals surface area contributed by atoms with Crippen LogP contribution in [0.15, 0.2) is 60.7 Å². The van der Waals surface area contributed by atoms with Crippen molar-refractivity contribution in [3.8, 4) is 11.8 Å². The average molecular weight is 334 g/mol. The Hall–Kier alpha value is -3.36. The van der Waals surface area contributed by atoms with Crippen molar-refractivity contribution in [2.24, 2.45) is 0 Å². The molecule has 2 amide bonds. The summed E-state index contributed by atoms with van der Waals surface area (Å²) in [4.78, 5) is 24.7. The number of carbonyl (C=O) groups excluding carboxylic acids is 2. The predicted octanol–water partition coefficient (Wildman–Crippen LogP) is 2.33. The number of benzene rings is 2. The first-order valence-electron chi connectivity index (χ1n) is 7.62. The molecule has 25 heavy (non-hydrogen) atoms. The molecule has 0 saturated heterocycles. The first kappa shape index (κ1) is 18.0. The molecule has 126 valence electrons. The number of carbonyl (C=O) groups is 2. The summed E-state index contributed by atoms with van der Waals surface area (Å²) < 4.78 is 0. The number of hydrogen-bond acceptors (Lipinski definition) is 3. The van der Waals surface area contributed by atoms with Gasteiger partial charge in [0.2, 0.25) is 5.91 Å². The standard InChI is InChI=1S/C20H18N2O3/c1-22(19(23)14-11-16-6-3-2-4-7-16)15-5-8-17-9-12-18(13-10-17)20(24)21-25/h2-4,6-7,9-14,25H,15H2,1H3,(H,21,24)/b14-11+. The summed E-state index contributed by atoms with van der Waals surface area (Å²) in [5, 5.41) is 8.56. The lowest BCUT2D eigenvalue weighted by molar-refractivity contribution is -0.124. The van der Waals surface area contributed by atoms with E-state index in [2.05, 4.69) is 11.8 Å². The molecule has 2 aromatic carbocycles. The zero-order valence-electron chi connectivity index (χ0n) is 13.8. The molecule has 0 aliphatic rings. The van der Waals surface area contributed by atoms with E-state index in [4.69, 9.17) is 5.21 Å². The summed E-state index contributed by atoms with van der Waals surface area (Å²) in [6.07, 6.45) is 3.27. The lowest BCUT2D eigenvalue weighted by atomic mass is 10.1. The fourth-order valence-electron chi connectivity index (χ4n) is 1.97. The van der Waals surface area contributed by atoms with E-state index in [1.807, 2.05) is 30.3 Å². The molecule has 2 N–H and O–H groups in total. The molecule has 0 bridgehead atoms. The molecule has 0 radical (unpaired) electrons. The summed E-state index contributed by atoms with van der Waals surface area (Å²) in [7, 11) is 1.68. The minimum atomic E-state index is -0.574. The quantitative estimate of drug-likeness (QED) is 0.390. The van der Waals surface area contributed by atoms with Crippen LogP contribution in [0.4, 0.5) is 0 Å². The van der Waals surface area contributed by atoms with Gasteiger partial charge in [-0.1, -0.05) is 42.2 Å². The van der Waals surface area contributed by atoms with Crippen LogP contribution in [0.1, 0.15) is 21.5 Å². The smallest absolute Gasteiger partial charge is 0.274 e. The van der Waals surface area contributed by atoms with Crippen LogP contribution in [-0.2, 0) is 4.79 Å². The van der Waals surface area contributed by atoms with E-state index < -0.39 is 5.91 Å². The molecule has 5 heteroatoms. The zero-order chi connectivity index (χ0) is 18.1. The van der Waals surface area contributed by atoms with Crippen LogP contribution >= 0.6 is 0 Å². The highest BCUT2D eigenvalue weighted by molar-refractivity contribution is 5.93. The summed E-state index contributed by atoms with van der Waals surface area (Å²) in [5.74, 6) is 5.14. The normalized spacial score (nSPS) is 10.0. The van der Waals surface area contributed by atoms with Gasteiger partial charge >= 0.3 is 0 Å². The Morgan fingerprint density at radius 2 is 1.80 bits per heavy atom. The van der Waals surface area contributed by atoms with Crippen molar-refractivity contribution >= 4 is 17.9 Å². The molecule has 5 nitrogen and oxygen atoms in total. The van der Waals surface area contributed by atoms with Crippen LogP contribution in [0.5, 0.6) is 0 Å².